The summed E-state index contributed by atoms with van der Waals surface area (Å²) in [6, 6.07) is 5.65. The van der Waals surface area contributed by atoms with Crippen LogP contribution in [-0.4, -0.2) is 31.8 Å². The van der Waals surface area contributed by atoms with Gasteiger partial charge in [0, 0.05) is 25.3 Å². The minimum absolute atomic E-state index is 0. The summed E-state index contributed by atoms with van der Waals surface area (Å²) in [7, 11) is 0. The smallest absolute Gasteiger partial charge is 0.237 e. The maximum Gasteiger partial charge on any atom is 0.237 e. The van der Waals surface area contributed by atoms with E-state index in [1.165, 1.54) is 12.8 Å². The zero-order valence-corrected chi connectivity index (χ0v) is 15.6. The van der Waals surface area contributed by atoms with Crippen LogP contribution in [-0.2, 0) is 16.1 Å². The van der Waals surface area contributed by atoms with Gasteiger partial charge in [0.1, 0.15) is 5.75 Å². The monoisotopic (exact) mass is 368 g/mol. The Bertz CT molecular complexity index is 572. The van der Waals surface area contributed by atoms with Crippen molar-refractivity contribution in [2.45, 2.75) is 45.2 Å². The molecule has 2 aliphatic rings. The molecule has 0 aromatic heterocycles. The number of ether oxygens (including phenoxy) is 2. The second kappa shape index (κ2) is 9.41. The van der Waals surface area contributed by atoms with Crippen molar-refractivity contribution in [2.75, 3.05) is 19.8 Å². The topological polar surface area (TPSA) is 73.6 Å². The summed E-state index contributed by atoms with van der Waals surface area (Å²) in [4.78, 5) is 12.4. The first-order valence-corrected chi connectivity index (χ1v) is 8.97. The highest BCUT2D eigenvalue weighted by atomic mass is 35.5. The summed E-state index contributed by atoms with van der Waals surface area (Å²) >= 11 is 0. The maximum atomic E-state index is 12.4. The number of nitrogens with one attached hydrogen (secondary N) is 1. The third kappa shape index (κ3) is 5.87. The molecule has 1 saturated carbocycles. The van der Waals surface area contributed by atoms with Gasteiger partial charge in [-0.25, -0.2) is 0 Å². The average molecular weight is 369 g/mol. The Hall–Kier alpha value is -1.30. The van der Waals surface area contributed by atoms with Gasteiger partial charge >= 0.3 is 0 Å². The maximum absolute atomic E-state index is 12.4. The minimum atomic E-state index is -0.463. The van der Waals surface area contributed by atoms with Gasteiger partial charge in [-0.05, 0) is 56.1 Å². The number of rotatable bonds is 7. The lowest BCUT2D eigenvalue weighted by atomic mass is 9.92. The Morgan fingerprint density at radius 3 is 2.72 bits per heavy atom. The highest BCUT2D eigenvalue weighted by Gasteiger charge is 2.26. The molecule has 1 aliphatic carbocycles. The van der Waals surface area contributed by atoms with Crippen LogP contribution in [0.1, 0.15) is 36.8 Å². The lowest BCUT2D eigenvalue weighted by Gasteiger charge is -2.26. The van der Waals surface area contributed by atoms with Gasteiger partial charge < -0.3 is 20.5 Å². The van der Waals surface area contributed by atoms with Crippen LogP contribution < -0.4 is 15.8 Å². The summed E-state index contributed by atoms with van der Waals surface area (Å²) < 4.78 is 11.3. The Balaban J connectivity index is 0.00000225. The van der Waals surface area contributed by atoms with Crippen LogP contribution in [0.2, 0.25) is 0 Å². The van der Waals surface area contributed by atoms with Gasteiger partial charge in [0.25, 0.3) is 0 Å². The third-order valence-electron chi connectivity index (χ3n) is 4.92. The zero-order chi connectivity index (χ0) is 16.9. The number of hydrogen-bond donors (Lipinski definition) is 2. The van der Waals surface area contributed by atoms with Crippen molar-refractivity contribution in [1.82, 2.24) is 5.32 Å². The molecular weight excluding hydrogens is 340 g/mol. The fourth-order valence-electron chi connectivity index (χ4n) is 3.02. The van der Waals surface area contributed by atoms with E-state index in [-0.39, 0.29) is 24.2 Å². The molecule has 0 radical (unpaired) electrons. The van der Waals surface area contributed by atoms with E-state index in [0.717, 1.165) is 36.3 Å². The fraction of sp³-hybridized carbons (Fsp3) is 0.632. The number of halogens is 1. The van der Waals surface area contributed by atoms with Gasteiger partial charge in [0.2, 0.25) is 5.91 Å². The Kier molecular flexibility index (Phi) is 7.54. The van der Waals surface area contributed by atoms with Crippen LogP contribution in [0.3, 0.4) is 0 Å². The molecule has 0 bridgehead atoms. The van der Waals surface area contributed by atoms with E-state index in [9.17, 15) is 4.79 Å². The molecule has 25 heavy (non-hydrogen) atoms. The highest BCUT2D eigenvalue weighted by Crippen LogP contribution is 2.30. The van der Waals surface area contributed by atoms with Crippen molar-refractivity contribution in [3.8, 4) is 5.75 Å². The van der Waals surface area contributed by atoms with Crippen LogP contribution >= 0.6 is 12.4 Å². The van der Waals surface area contributed by atoms with E-state index in [1.807, 2.05) is 25.1 Å². The van der Waals surface area contributed by atoms with Gasteiger partial charge in [-0.15, -0.1) is 12.4 Å². The molecule has 1 aliphatic heterocycles. The van der Waals surface area contributed by atoms with E-state index >= 15 is 0 Å². The third-order valence-corrected chi connectivity index (χ3v) is 4.92. The molecule has 1 unspecified atom stereocenters. The number of amides is 1. The number of nitrogens with two attached hydrogens (primary N) is 1. The lowest BCUT2D eigenvalue weighted by Crippen LogP contribution is -2.46. The molecule has 5 nitrogen and oxygen atoms in total. The molecule has 3 N–H and O–H groups in total. The first-order chi connectivity index (χ1) is 11.6. The van der Waals surface area contributed by atoms with E-state index in [1.54, 1.807) is 0 Å². The van der Waals surface area contributed by atoms with Crippen molar-refractivity contribution in [2.24, 2.45) is 17.6 Å². The molecule has 1 aromatic carbocycles. The van der Waals surface area contributed by atoms with Gasteiger partial charge in [0.15, 0.2) is 0 Å². The van der Waals surface area contributed by atoms with Crippen LogP contribution in [0.4, 0.5) is 0 Å². The fourth-order valence-corrected chi connectivity index (χ4v) is 3.02. The van der Waals surface area contributed by atoms with Gasteiger partial charge in [0.05, 0.1) is 12.6 Å². The van der Waals surface area contributed by atoms with Crippen LogP contribution in [0.5, 0.6) is 5.75 Å². The summed E-state index contributed by atoms with van der Waals surface area (Å²) in [5.41, 5.74) is 8.30. The number of benzene rings is 1. The van der Waals surface area contributed by atoms with Crippen LogP contribution in [0.25, 0.3) is 0 Å². The lowest BCUT2D eigenvalue weighted by molar-refractivity contribution is -0.124. The molecule has 6 heteroatoms. The highest BCUT2D eigenvalue weighted by molar-refractivity contribution is 5.85. The van der Waals surface area contributed by atoms with Crippen molar-refractivity contribution < 1.29 is 14.3 Å². The Morgan fingerprint density at radius 1 is 1.32 bits per heavy atom. The first-order valence-electron chi connectivity index (χ1n) is 8.97. The van der Waals surface area contributed by atoms with Crippen LogP contribution in [0.15, 0.2) is 18.2 Å². The SMILES string of the molecule is Cc1ccc(CNC(=O)C(N)C2CCOCC2)c(OCC2CC2)c1.Cl. The predicted octanol–water partition coefficient (Wildman–Crippen LogP) is 2.58. The summed E-state index contributed by atoms with van der Waals surface area (Å²) in [6.07, 6.45) is 4.24. The molecule has 1 saturated heterocycles. The van der Waals surface area contributed by atoms with E-state index in [2.05, 4.69) is 5.32 Å². The standard InChI is InChI=1S/C19H28N2O3.ClH/c1-13-2-5-16(17(10-13)24-12-14-3-4-14)11-21-19(22)18(20)15-6-8-23-9-7-15;/h2,5,10,14-15,18H,3-4,6-9,11-12,20H2,1H3,(H,21,22);1H. The number of hydrogen-bond acceptors (Lipinski definition) is 4. The van der Waals surface area contributed by atoms with E-state index < -0.39 is 6.04 Å². The molecule has 1 heterocycles. The molecule has 0 spiro atoms. The molecular formula is C19H29ClN2O3. The first kappa shape index (κ1) is 20.0. The number of aryl methyl sites for hydroxylation is 1. The molecule has 1 amide bonds. The van der Waals surface area contributed by atoms with Gasteiger partial charge in [-0.2, -0.15) is 0 Å². The van der Waals surface area contributed by atoms with Crippen molar-refractivity contribution in [3.63, 3.8) is 0 Å². The predicted molar refractivity (Wildman–Crippen MR) is 100 cm³/mol. The van der Waals surface area contributed by atoms with Crippen molar-refractivity contribution in [3.05, 3.63) is 29.3 Å². The molecule has 3 rings (SSSR count). The summed E-state index contributed by atoms with van der Waals surface area (Å²) in [5.74, 6) is 1.70. The molecule has 2 fully saturated rings. The second-order valence-corrected chi connectivity index (χ2v) is 7.06. The number of carbonyl (C=O) groups excluding carboxylic acids is 1. The van der Waals surface area contributed by atoms with E-state index in [4.69, 9.17) is 15.2 Å². The van der Waals surface area contributed by atoms with Gasteiger partial charge in [-0.3, -0.25) is 4.79 Å². The molecule has 1 aromatic rings. The average Bonchev–Trinajstić information content (AvgIpc) is 3.43. The normalized spacial score (nSPS) is 19.0. The van der Waals surface area contributed by atoms with Gasteiger partial charge in [-0.1, -0.05) is 12.1 Å². The molecule has 140 valence electrons. The Morgan fingerprint density at radius 2 is 2.04 bits per heavy atom. The zero-order valence-electron chi connectivity index (χ0n) is 14.8. The summed E-state index contributed by atoms with van der Waals surface area (Å²) in [6.45, 7) is 4.67. The summed E-state index contributed by atoms with van der Waals surface area (Å²) in [5, 5.41) is 2.97. The van der Waals surface area contributed by atoms with E-state index in [0.29, 0.717) is 25.7 Å². The second-order valence-electron chi connectivity index (χ2n) is 7.06. The number of carbonyl (C=O) groups is 1. The Labute approximate surface area is 156 Å². The van der Waals surface area contributed by atoms with Crippen LogP contribution in [0, 0.1) is 18.8 Å². The van der Waals surface area contributed by atoms with Crippen molar-refractivity contribution in [1.29, 1.82) is 0 Å². The minimum Gasteiger partial charge on any atom is -0.493 e. The largest absolute Gasteiger partial charge is 0.493 e. The quantitative estimate of drug-likeness (QED) is 0.775. The van der Waals surface area contributed by atoms with Crippen molar-refractivity contribution >= 4 is 18.3 Å². The molecule has 1 atom stereocenters.